The second-order valence-electron chi connectivity index (χ2n) is 6.96. The van der Waals surface area contributed by atoms with Crippen LogP contribution < -0.4 is 10.1 Å². The van der Waals surface area contributed by atoms with Gasteiger partial charge in [-0.15, -0.1) is 0 Å². The Morgan fingerprint density at radius 2 is 2.04 bits per heavy atom. The normalized spacial score (nSPS) is 12.6. The maximum absolute atomic E-state index is 12.2. The Labute approximate surface area is 149 Å². The third-order valence-corrected chi connectivity index (χ3v) is 3.27. The number of phenols is 1. The fourth-order valence-corrected chi connectivity index (χ4v) is 2.18. The Bertz CT molecular complexity index is 555. The number of phenolic OH excluding ortho intramolecular Hbond substituents is 1. The molecule has 3 N–H and O–H groups in total. The Hall–Kier alpha value is -1.99. The van der Waals surface area contributed by atoms with Crippen molar-refractivity contribution in [2.75, 3.05) is 26.7 Å². The minimum Gasteiger partial charge on any atom is -0.504 e. The van der Waals surface area contributed by atoms with Crippen molar-refractivity contribution in [3.8, 4) is 11.5 Å². The summed E-state index contributed by atoms with van der Waals surface area (Å²) in [7, 11) is 1.50. The molecule has 7 heteroatoms. The minimum atomic E-state index is -0.631. The second-order valence-corrected chi connectivity index (χ2v) is 6.96. The summed E-state index contributed by atoms with van der Waals surface area (Å²) in [6.07, 6.45) is -1.07. The third kappa shape index (κ3) is 8.09. The molecule has 1 unspecified atom stereocenters. The van der Waals surface area contributed by atoms with Gasteiger partial charge >= 0.3 is 6.09 Å². The van der Waals surface area contributed by atoms with E-state index in [1.54, 1.807) is 25.1 Å². The number of ether oxygens (including phenoxy) is 2. The Morgan fingerprint density at radius 3 is 2.60 bits per heavy atom. The first-order chi connectivity index (χ1) is 11.6. The predicted octanol–water partition coefficient (Wildman–Crippen LogP) is 2.11. The number of rotatable bonds is 8. The molecule has 142 valence electrons. The summed E-state index contributed by atoms with van der Waals surface area (Å²) >= 11 is 0. The summed E-state index contributed by atoms with van der Waals surface area (Å²) in [6.45, 7) is 8.78. The van der Waals surface area contributed by atoms with Crippen LogP contribution in [0.4, 0.5) is 4.79 Å². The van der Waals surface area contributed by atoms with Gasteiger partial charge in [-0.05, 0) is 45.4 Å². The summed E-state index contributed by atoms with van der Waals surface area (Å²) in [5.74, 6) is 0.517. The van der Waals surface area contributed by atoms with Gasteiger partial charge in [0.2, 0.25) is 0 Å². The van der Waals surface area contributed by atoms with Crippen molar-refractivity contribution in [1.29, 1.82) is 0 Å². The van der Waals surface area contributed by atoms with Gasteiger partial charge in [0.05, 0.1) is 13.2 Å². The standard InChI is InChI=1S/C18H30N2O5/c1-13(21)12-20(17(23)25-18(2,3)4)9-8-19-11-14-6-7-15(22)16(10-14)24-5/h6-7,10,13,19,21-22H,8-9,11-12H2,1-5H3. The molecule has 0 bridgehead atoms. The molecule has 1 rings (SSSR count). The van der Waals surface area contributed by atoms with Crippen LogP contribution in [0.1, 0.15) is 33.3 Å². The number of benzene rings is 1. The number of carbonyl (C=O) groups excluding carboxylic acids is 1. The lowest BCUT2D eigenvalue weighted by atomic mass is 10.2. The Kier molecular flexibility index (Phi) is 7.99. The number of hydrogen-bond acceptors (Lipinski definition) is 6. The van der Waals surface area contributed by atoms with Gasteiger partial charge in [0.1, 0.15) is 5.60 Å². The molecule has 0 aliphatic rings. The number of hydrogen-bond donors (Lipinski definition) is 3. The van der Waals surface area contributed by atoms with Gasteiger partial charge < -0.3 is 29.9 Å². The van der Waals surface area contributed by atoms with Gasteiger partial charge in [-0.25, -0.2) is 4.79 Å². The van der Waals surface area contributed by atoms with Crippen molar-refractivity contribution in [2.45, 2.75) is 45.9 Å². The average Bonchev–Trinajstić information content (AvgIpc) is 2.49. The number of methoxy groups -OCH3 is 1. The highest BCUT2D eigenvalue weighted by atomic mass is 16.6. The topological polar surface area (TPSA) is 91.3 Å². The van der Waals surface area contributed by atoms with Crippen molar-refractivity contribution in [3.05, 3.63) is 23.8 Å². The van der Waals surface area contributed by atoms with Crippen molar-refractivity contribution < 1.29 is 24.5 Å². The van der Waals surface area contributed by atoms with E-state index >= 15 is 0 Å². The van der Waals surface area contributed by atoms with Gasteiger partial charge in [-0.3, -0.25) is 0 Å². The van der Waals surface area contributed by atoms with Gasteiger partial charge in [0, 0.05) is 26.2 Å². The molecule has 0 aliphatic heterocycles. The first-order valence-electron chi connectivity index (χ1n) is 8.35. The first-order valence-corrected chi connectivity index (χ1v) is 8.35. The molecule has 0 radical (unpaired) electrons. The van der Waals surface area contributed by atoms with E-state index in [-0.39, 0.29) is 12.3 Å². The number of aliphatic hydroxyl groups is 1. The Morgan fingerprint density at radius 1 is 1.36 bits per heavy atom. The minimum absolute atomic E-state index is 0.0966. The van der Waals surface area contributed by atoms with Crippen LogP contribution in [-0.4, -0.2) is 59.7 Å². The lowest BCUT2D eigenvalue weighted by Gasteiger charge is -2.28. The van der Waals surface area contributed by atoms with Crippen LogP contribution in [-0.2, 0) is 11.3 Å². The monoisotopic (exact) mass is 354 g/mol. The molecule has 0 spiro atoms. The zero-order valence-corrected chi connectivity index (χ0v) is 15.7. The molecule has 0 aliphatic carbocycles. The highest BCUT2D eigenvalue weighted by molar-refractivity contribution is 5.68. The van der Waals surface area contributed by atoms with Crippen molar-refractivity contribution in [3.63, 3.8) is 0 Å². The SMILES string of the molecule is COc1cc(CNCCN(CC(C)O)C(=O)OC(C)(C)C)ccc1O. The molecule has 0 saturated heterocycles. The van der Waals surface area contributed by atoms with E-state index in [2.05, 4.69) is 5.32 Å². The van der Waals surface area contributed by atoms with Gasteiger partial charge in [-0.2, -0.15) is 0 Å². The summed E-state index contributed by atoms with van der Waals surface area (Å²) < 4.78 is 10.4. The first kappa shape index (κ1) is 21.1. The number of aliphatic hydroxyl groups excluding tert-OH is 1. The van der Waals surface area contributed by atoms with Crippen LogP contribution >= 0.6 is 0 Å². The number of nitrogens with one attached hydrogen (secondary N) is 1. The number of amides is 1. The molecule has 0 saturated carbocycles. The fourth-order valence-electron chi connectivity index (χ4n) is 2.18. The summed E-state index contributed by atoms with van der Waals surface area (Å²) in [4.78, 5) is 13.7. The summed E-state index contributed by atoms with van der Waals surface area (Å²) in [5.41, 5.74) is 0.373. The van der Waals surface area contributed by atoms with Crippen LogP contribution in [0.2, 0.25) is 0 Å². The van der Waals surface area contributed by atoms with Crippen molar-refractivity contribution >= 4 is 6.09 Å². The van der Waals surface area contributed by atoms with Crippen molar-refractivity contribution in [1.82, 2.24) is 10.2 Å². The van der Waals surface area contributed by atoms with E-state index in [1.165, 1.54) is 12.0 Å². The zero-order valence-electron chi connectivity index (χ0n) is 15.7. The molecule has 25 heavy (non-hydrogen) atoms. The van der Waals surface area contributed by atoms with Crippen LogP contribution in [0, 0.1) is 0 Å². The van der Waals surface area contributed by atoms with E-state index in [9.17, 15) is 15.0 Å². The number of carbonyl (C=O) groups is 1. The van der Waals surface area contributed by atoms with E-state index in [0.29, 0.717) is 25.4 Å². The zero-order chi connectivity index (χ0) is 19.0. The molecule has 0 fully saturated rings. The van der Waals surface area contributed by atoms with E-state index in [4.69, 9.17) is 9.47 Å². The second kappa shape index (κ2) is 9.48. The lowest BCUT2D eigenvalue weighted by molar-refractivity contribution is 0.0164. The summed E-state index contributed by atoms with van der Waals surface area (Å²) in [5, 5.41) is 22.4. The maximum Gasteiger partial charge on any atom is 0.410 e. The molecular formula is C18H30N2O5. The van der Waals surface area contributed by atoms with Crippen LogP contribution in [0.15, 0.2) is 18.2 Å². The van der Waals surface area contributed by atoms with E-state index in [1.807, 2.05) is 20.8 Å². The maximum atomic E-state index is 12.2. The van der Waals surface area contributed by atoms with Crippen LogP contribution in [0.25, 0.3) is 0 Å². The van der Waals surface area contributed by atoms with Gasteiger partial charge in [0.15, 0.2) is 11.5 Å². The van der Waals surface area contributed by atoms with Crippen LogP contribution in [0.3, 0.4) is 0 Å². The molecule has 0 heterocycles. The average molecular weight is 354 g/mol. The van der Waals surface area contributed by atoms with E-state index < -0.39 is 17.8 Å². The van der Waals surface area contributed by atoms with Gasteiger partial charge in [-0.1, -0.05) is 6.07 Å². The number of aromatic hydroxyl groups is 1. The molecular weight excluding hydrogens is 324 g/mol. The molecule has 7 nitrogen and oxygen atoms in total. The lowest BCUT2D eigenvalue weighted by Crippen LogP contribution is -2.43. The highest BCUT2D eigenvalue weighted by Gasteiger charge is 2.22. The molecule has 1 atom stereocenters. The largest absolute Gasteiger partial charge is 0.504 e. The molecule has 1 amide bonds. The van der Waals surface area contributed by atoms with Gasteiger partial charge in [0.25, 0.3) is 0 Å². The highest BCUT2D eigenvalue weighted by Crippen LogP contribution is 2.26. The Balaban J connectivity index is 2.52. The smallest absolute Gasteiger partial charge is 0.410 e. The molecule has 0 aromatic heterocycles. The molecule has 1 aromatic carbocycles. The third-order valence-electron chi connectivity index (χ3n) is 3.27. The fraction of sp³-hybridized carbons (Fsp3) is 0.611. The summed E-state index contributed by atoms with van der Waals surface area (Å²) in [6, 6.07) is 5.13. The van der Waals surface area contributed by atoms with E-state index in [0.717, 1.165) is 5.56 Å². The molecule has 1 aromatic rings. The quantitative estimate of drug-likeness (QED) is 0.620. The predicted molar refractivity (Wildman–Crippen MR) is 95.9 cm³/mol. The van der Waals surface area contributed by atoms with Crippen LogP contribution in [0.5, 0.6) is 11.5 Å². The number of nitrogens with zero attached hydrogens (tertiary/aromatic N) is 1. The van der Waals surface area contributed by atoms with Crippen molar-refractivity contribution in [2.24, 2.45) is 0 Å².